The molecule has 1 aromatic carbocycles. The molecule has 0 aliphatic carbocycles. The molecule has 26 heavy (non-hydrogen) atoms. The van der Waals surface area contributed by atoms with Crippen LogP contribution in [0.1, 0.15) is 26.3 Å². The van der Waals surface area contributed by atoms with Gasteiger partial charge < -0.3 is 10.3 Å². The monoisotopic (exact) mass is 368 g/mol. The number of fused-ring (bicyclic) bond motifs is 1. The van der Waals surface area contributed by atoms with Gasteiger partial charge in [0.2, 0.25) is 5.91 Å². The maximum Gasteiger partial charge on any atom is 0.274 e. The van der Waals surface area contributed by atoms with Gasteiger partial charge in [-0.3, -0.25) is 9.59 Å². The minimum atomic E-state index is -0.547. The highest BCUT2D eigenvalue weighted by molar-refractivity contribution is 6.30. The van der Waals surface area contributed by atoms with Gasteiger partial charge in [-0.1, -0.05) is 32.4 Å². The van der Waals surface area contributed by atoms with Gasteiger partial charge in [0.1, 0.15) is 17.8 Å². The second kappa shape index (κ2) is 6.70. The van der Waals surface area contributed by atoms with Crippen LogP contribution in [0.15, 0.2) is 41.5 Å². The number of aromatic amines is 1. The lowest BCUT2D eigenvalue weighted by Gasteiger charge is -2.16. The molecule has 3 aromatic rings. The van der Waals surface area contributed by atoms with Crippen molar-refractivity contribution in [1.29, 1.82) is 0 Å². The van der Waals surface area contributed by atoms with Gasteiger partial charge in [0.15, 0.2) is 0 Å². The third kappa shape index (κ3) is 3.79. The van der Waals surface area contributed by atoms with E-state index in [9.17, 15) is 9.59 Å². The summed E-state index contributed by atoms with van der Waals surface area (Å²) >= 11 is 5.84. The van der Waals surface area contributed by atoms with Gasteiger partial charge in [-0.25, -0.2) is 9.55 Å². The van der Waals surface area contributed by atoms with Crippen LogP contribution in [0.5, 0.6) is 0 Å². The van der Waals surface area contributed by atoms with E-state index < -0.39 is 5.41 Å². The van der Waals surface area contributed by atoms with Crippen LogP contribution in [0.2, 0.25) is 5.02 Å². The molecule has 0 aliphatic rings. The third-order valence-electron chi connectivity index (χ3n) is 3.64. The van der Waals surface area contributed by atoms with Crippen molar-refractivity contribution in [3.05, 3.63) is 57.6 Å². The number of amides is 1. The van der Waals surface area contributed by atoms with Gasteiger partial charge in [-0.05, 0) is 36.3 Å². The minimum absolute atomic E-state index is 0.160. The van der Waals surface area contributed by atoms with E-state index in [1.165, 1.54) is 10.9 Å². The molecule has 0 saturated carbocycles. The molecule has 7 heteroatoms. The molecular weight excluding hydrogens is 352 g/mol. The number of rotatable bonds is 1. The van der Waals surface area contributed by atoms with Crippen LogP contribution in [-0.2, 0) is 4.79 Å². The molecule has 2 aromatic heterocycles. The summed E-state index contributed by atoms with van der Waals surface area (Å²) in [6.07, 6.45) is 1.35. The van der Waals surface area contributed by atoms with E-state index in [-0.39, 0.29) is 11.5 Å². The molecule has 0 saturated heterocycles. The summed E-state index contributed by atoms with van der Waals surface area (Å²) in [5, 5.41) is 3.72. The first-order valence-electron chi connectivity index (χ1n) is 7.93. The van der Waals surface area contributed by atoms with E-state index in [4.69, 9.17) is 11.6 Å². The topological polar surface area (TPSA) is 79.8 Å². The number of aromatic nitrogens is 3. The Morgan fingerprint density at radius 2 is 1.96 bits per heavy atom. The van der Waals surface area contributed by atoms with Crippen LogP contribution in [0, 0.1) is 17.4 Å². The highest BCUT2D eigenvalue weighted by atomic mass is 35.5. The Bertz CT molecular complexity index is 1090. The normalized spacial score (nSPS) is 11.1. The Morgan fingerprint density at radius 3 is 2.62 bits per heavy atom. The minimum Gasteiger partial charge on any atom is -0.326 e. The molecule has 2 heterocycles. The number of H-pyrrole nitrogens is 1. The van der Waals surface area contributed by atoms with Crippen molar-refractivity contribution < 1.29 is 4.79 Å². The molecule has 2 N–H and O–H groups in total. The van der Waals surface area contributed by atoms with Gasteiger partial charge in [0.25, 0.3) is 5.56 Å². The average molecular weight is 369 g/mol. The van der Waals surface area contributed by atoms with Gasteiger partial charge in [-0.15, -0.1) is 0 Å². The molecule has 3 rings (SSSR count). The first-order chi connectivity index (χ1) is 12.2. The zero-order valence-corrected chi connectivity index (χ0v) is 15.3. The number of anilines is 1. The zero-order valence-electron chi connectivity index (χ0n) is 14.6. The number of carbonyl (C=O) groups is 1. The molecule has 6 nitrogen and oxygen atoms in total. The van der Waals surface area contributed by atoms with E-state index in [2.05, 4.69) is 27.2 Å². The van der Waals surface area contributed by atoms with Crippen molar-refractivity contribution in [2.45, 2.75) is 20.8 Å². The molecular formula is C19H17ClN4O2. The first kappa shape index (κ1) is 17.8. The second-order valence-corrected chi connectivity index (χ2v) is 7.25. The summed E-state index contributed by atoms with van der Waals surface area (Å²) in [4.78, 5) is 31.8. The fourth-order valence-corrected chi connectivity index (χ4v) is 2.25. The average Bonchev–Trinajstić information content (AvgIpc) is 2.98. The van der Waals surface area contributed by atoms with Gasteiger partial charge in [-0.2, -0.15) is 0 Å². The lowest BCUT2D eigenvalue weighted by Crippen LogP contribution is -2.27. The van der Waals surface area contributed by atoms with E-state index >= 15 is 0 Å². The molecule has 0 spiro atoms. The van der Waals surface area contributed by atoms with Crippen molar-refractivity contribution in [3.63, 3.8) is 0 Å². The van der Waals surface area contributed by atoms with Crippen molar-refractivity contribution in [2.24, 2.45) is 5.41 Å². The molecule has 0 radical (unpaired) electrons. The van der Waals surface area contributed by atoms with E-state index in [0.717, 1.165) is 5.56 Å². The van der Waals surface area contributed by atoms with Gasteiger partial charge >= 0.3 is 0 Å². The van der Waals surface area contributed by atoms with Crippen LogP contribution in [0.4, 0.5) is 5.82 Å². The summed E-state index contributed by atoms with van der Waals surface area (Å²) in [7, 11) is 0. The Labute approximate surface area is 155 Å². The SMILES string of the molecule is CC(C)(C)C(=O)Nc1cc2c(=O)n(C#Cc3ccc(Cl)cc3)cnc2[nH]1. The Hall–Kier alpha value is -3.04. The second-order valence-electron chi connectivity index (χ2n) is 6.81. The number of hydrogen-bond acceptors (Lipinski definition) is 3. The van der Waals surface area contributed by atoms with Crippen LogP contribution in [0.25, 0.3) is 11.0 Å². The van der Waals surface area contributed by atoms with Crippen molar-refractivity contribution in [2.75, 3.05) is 5.32 Å². The maximum atomic E-state index is 12.6. The number of halogens is 1. The fraction of sp³-hybridized carbons (Fsp3) is 0.211. The summed E-state index contributed by atoms with van der Waals surface area (Å²) in [5.41, 5.74) is 0.260. The van der Waals surface area contributed by atoms with Crippen molar-refractivity contribution in [1.82, 2.24) is 14.5 Å². The number of hydrogen-bond donors (Lipinski definition) is 2. The van der Waals surface area contributed by atoms with Gasteiger partial charge in [0.05, 0.1) is 5.39 Å². The van der Waals surface area contributed by atoms with Crippen LogP contribution >= 0.6 is 11.6 Å². The zero-order chi connectivity index (χ0) is 18.9. The molecule has 0 aliphatic heterocycles. The number of carbonyl (C=O) groups excluding carboxylic acids is 1. The van der Waals surface area contributed by atoms with E-state index in [1.54, 1.807) is 30.3 Å². The lowest BCUT2D eigenvalue weighted by atomic mass is 9.96. The quantitative estimate of drug-likeness (QED) is 0.647. The standard InChI is InChI=1S/C19H17ClN4O2/c1-19(2,3)18(26)23-15-10-14-16(22-15)21-11-24(17(14)25)9-8-12-4-6-13(20)7-5-12/h4-7,10-11,22H,1-3H3,(H,23,26). The Morgan fingerprint density at radius 1 is 1.27 bits per heavy atom. The highest BCUT2D eigenvalue weighted by Crippen LogP contribution is 2.18. The van der Waals surface area contributed by atoms with E-state index in [0.29, 0.717) is 21.9 Å². The predicted molar refractivity (Wildman–Crippen MR) is 102 cm³/mol. The largest absolute Gasteiger partial charge is 0.326 e. The molecule has 1 amide bonds. The summed E-state index contributed by atoms with van der Waals surface area (Å²) in [6, 6.07) is 11.3. The number of nitrogens with one attached hydrogen (secondary N) is 2. The first-order valence-corrected chi connectivity index (χ1v) is 8.31. The molecule has 0 bridgehead atoms. The molecule has 0 unspecified atom stereocenters. The smallest absolute Gasteiger partial charge is 0.274 e. The van der Waals surface area contributed by atoms with Crippen molar-refractivity contribution in [3.8, 4) is 12.0 Å². The summed E-state index contributed by atoms with van der Waals surface area (Å²) in [5.74, 6) is 3.15. The third-order valence-corrected chi connectivity index (χ3v) is 3.89. The lowest BCUT2D eigenvalue weighted by molar-refractivity contribution is -0.123. The Kier molecular flexibility index (Phi) is 4.58. The van der Waals surface area contributed by atoms with Crippen molar-refractivity contribution >= 4 is 34.4 Å². The highest BCUT2D eigenvalue weighted by Gasteiger charge is 2.22. The van der Waals surface area contributed by atoms with E-state index in [1.807, 2.05) is 20.8 Å². The molecule has 132 valence electrons. The van der Waals surface area contributed by atoms with Gasteiger partial charge in [0, 0.05) is 22.0 Å². The predicted octanol–water partition coefficient (Wildman–Crippen LogP) is 3.22. The molecule has 0 fully saturated rings. The fourth-order valence-electron chi connectivity index (χ4n) is 2.12. The molecule has 0 atom stereocenters. The van der Waals surface area contributed by atoms with Crippen LogP contribution < -0.4 is 10.9 Å². The van der Waals surface area contributed by atoms with Crippen LogP contribution in [0.3, 0.4) is 0 Å². The van der Waals surface area contributed by atoms with Crippen LogP contribution in [-0.4, -0.2) is 20.4 Å². The maximum absolute atomic E-state index is 12.6. The number of benzene rings is 1. The number of nitrogens with zero attached hydrogens (tertiary/aromatic N) is 2. The Balaban J connectivity index is 1.93. The summed E-state index contributed by atoms with van der Waals surface area (Å²) in [6.45, 7) is 5.42. The summed E-state index contributed by atoms with van der Waals surface area (Å²) < 4.78 is 1.21.